The fraction of sp³-hybridized carbons (Fsp3) is 0.650. The van der Waals surface area contributed by atoms with Crippen LogP contribution >= 0.6 is 0 Å². The SMILES string of the molecule is CCOC(=O)N[C@H]1CCN(C2CCC3(CC2)C(=O)Nc2ccc(OC)nc23)C1. The van der Waals surface area contributed by atoms with Gasteiger partial charge in [0.1, 0.15) is 0 Å². The second-order valence-corrected chi connectivity index (χ2v) is 7.86. The zero-order valence-corrected chi connectivity index (χ0v) is 16.5. The van der Waals surface area contributed by atoms with E-state index in [4.69, 9.17) is 9.47 Å². The first kappa shape index (κ1) is 19.0. The molecule has 2 fully saturated rings. The van der Waals surface area contributed by atoms with Gasteiger partial charge in [0.2, 0.25) is 11.8 Å². The van der Waals surface area contributed by atoms with E-state index < -0.39 is 5.41 Å². The Hall–Kier alpha value is -2.35. The predicted molar refractivity (Wildman–Crippen MR) is 103 cm³/mol. The number of likely N-dealkylation sites (tertiary alicyclic amines) is 1. The maximum Gasteiger partial charge on any atom is 0.407 e. The highest BCUT2D eigenvalue weighted by atomic mass is 16.5. The summed E-state index contributed by atoms with van der Waals surface area (Å²) in [5.74, 6) is 0.606. The molecule has 1 atom stereocenters. The molecule has 1 saturated heterocycles. The van der Waals surface area contributed by atoms with Crippen LogP contribution in [0.25, 0.3) is 0 Å². The van der Waals surface area contributed by atoms with Crippen LogP contribution in [0.3, 0.4) is 0 Å². The van der Waals surface area contributed by atoms with Gasteiger partial charge in [-0.3, -0.25) is 9.69 Å². The van der Waals surface area contributed by atoms with E-state index in [1.165, 1.54) is 0 Å². The number of pyridine rings is 1. The highest BCUT2D eigenvalue weighted by Gasteiger charge is 2.51. The van der Waals surface area contributed by atoms with Crippen LogP contribution in [0, 0.1) is 0 Å². The minimum atomic E-state index is -0.539. The van der Waals surface area contributed by atoms with Crippen LogP contribution < -0.4 is 15.4 Å². The van der Waals surface area contributed by atoms with E-state index >= 15 is 0 Å². The monoisotopic (exact) mass is 388 g/mol. The van der Waals surface area contributed by atoms with Crippen molar-refractivity contribution in [3.8, 4) is 5.88 Å². The number of methoxy groups -OCH3 is 1. The molecule has 0 bridgehead atoms. The standard InChI is InChI=1S/C20H28N4O4/c1-3-28-19(26)21-13-8-11-24(12-13)14-6-9-20(10-7-14)17-15(22-18(20)25)4-5-16(23-17)27-2/h4-5,13-14H,3,6-12H2,1-2H3,(H,21,26)(H,22,25)/t13-,14?,20?/m0/s1. The van der Waals surface area contributed by atoms with Gasteiger partial charge in [0.05, 0.1) is 30.5 Å². The van der Waals surface area contributed by atoms with Crippen LogP contribution in [0.15, 0.2) is 12.1 Å². The molecule has 1 aromatic rings. The fourth-order valence-corrected chi connectivity index (χ4v) is 4.87. The van der Waals surface area contributed by atoms with Crippen molar-refractivity contribution >= 4 is 17.7 Å². The Labute approximate surface area is 165 Å². The minimum Gasteiger partial charge on any atom is -0.481 e. The lowest BCUT2D eigenvalue weighted by atomic mass is 9.70. The van der Waals surface area contributed by atoms with E-state index in [1.54, 1.807) is 20.1 Å². The largest absolute Gasteiger partial charge is 0.481 e. The van der Waals surface area contributed by atoms with Crippen molar-refractivity contribution < 1.29 is 19.1 Å². The van der Waals surface area contributed by atoms with Crippen LogP contribution in [-0.4, -0.2) is 60.8 Å². The number of fused-ring (bicyclic) bond motifs is 2. The normalized spacial score (nSPS) is 29.4. The molecular formula is C20H28N4O4. The molecule has 8 heteroatoms. The number of alkyl carbamates (subject to hydrolysis) is 1. The lowest BCUT2D eigenvalue weighted by molar-refractivity contribution is -0.122. The Morgan fingerprint density at radius 3 is 2.86 bits per heavy atom. The Kier molecular flexibility index (Phi) is 5.14. The molecule has 28 heavy (non-hydrogen) atoms. The van der Waals surface area contributed by atoms with E-state index in [0.29, 0.717) is 18.5 Å². The summed E-state index contributed by atoms with van der Waals surface area (Å²) in [6, 6.07) is 4.23. The van der Waals surface area contributed by atoms with Crippen molar-refractivity contribution in [1.29, 1.82) is 0 Å². The molecule has 8 nitrogen and oxygen atoms in total. The van der Waals surface area contributed by atoms with Crippen molar-refractivity contribution in [2.45, 2.75) is 56.5 Å². The molecule has 2 N–H and O–H groups in total. The van der Waals surface area contributed by atoms with E-state index in [-0.39, 0.29) is 18.0 Å². The van der Waals surface area contributed by atoms with E-state index in [1.807, 2.05) is 6.07 Å². The van der Waals surface area contributed by atoms with Gasteiger partial charge in [-0.05, 0) is 45.1 Å². The third-order valence-electron chi connectivity index (χ3n) is 6.36. The number of anilines is 1. The Balaban J connectivity index is 1.39. The molecule has 1 saturated carbocycles. The number of hydrogen-bond donors (Lipinski definition) is 2. The second kappa shape index (κ2) is 7.58. The highest BCUT2D eigenvalue weighted by Crippen LogP contribution is 2.48. The van der Waals surface area contributed by atoms with Crippen molar-refractivity contribution in [2.75, 3.05) is 32.1 Å². The number of rotatable bonds is 4. The molecule has 0 radical (unpaired) electrons. The van der Waals surface area contributed by atoms with Gasteiger partial charge >= 0.3 is 6.09 Å². The Morgan fingerprint density at radius 2 is 2.14 bits per heavy atom. The summed E-state index contributed by atoms with van der Waals surface area (Å²) in [7, 11) is 1.59. The number of aromatic nitrogens is 1. The molecule has 2 amide bonds. The van der Waals surface area contributed by atoms with E-state index in [2.05, 4.69) is 20.5 Å². The summed E-state index contributed by atoms with van der Waals surface area (Å²) in [5.41, 5.74) is 1.10. The first-order valence-corrected chi connectivity index (χ1v) is 10.1. The zero-order valence-electron chi connectivity index (χ0n) is 16.5. The summed E-state index contributed by atoms with van der Waals surface area (Å²) in [5, 5.41) is 5.94. The lowest BCUT2D eigenvalue weighted by Crippen LogP contribution is -2.46. The molecule has 0 aromatic carbocycles. The highest BCUT2D eigenvalue weighted by molar-refractivity contribution is 6.05. The number of nitrogens with one attached hydrogen (secondary N) is 2. The third-order valence-corrected chi connectivity index (χ3v) is 6.36. The third kappa shape index (κ3) is 3.30. The number of carbonyl (C=O) groups is 2. The summed E-state index contributed by atoms with van der Waals surface area (Å²) < 4.78 is 10.3. The predicted octanol–water partition coefficient (Wildman–Crippen LogP) is 2.04. The van der Waals surface area contributed by atoms with Gasteiger partial charge in [0, 0.05) is 31.2 Å². The average molecular weight is 388 g/mol. The topological polar surface area (TPSA) is 92.8 Å². The number of amides is 2. The van der Waals surface area contributed by atoms with Crippen molar-refractivity contribution in [2.24, 2.45) is 0 Å². The summed E-state index contributed by atoms with van der Waals surface area (Å²) >= 11 is 0. The van der Waals surface area contributed by atoms with Gasteiger partial charge in [-0.2, -0.15) is 0 Å². The molecule has 1 aliphatic carbocycles. The fourth-order valence-electron chi connectivity index (χ4n) is 4.87. The number of ether oxygens (including phenoxy) is 2. The van der Waals surface area contributed by atoms with Gasteiger partial charge in [0.25, 0.3) is 0 Å². The Bertz CT molecular complexity index is 761. The summed E-state index contributed by atoms with van der Waals surface area (Å²) in [4.78, 5) is 31.5. The minimum absolute atomic E-state index is 0.0602. The summed E-state index contributed by atoms with van der Waals surface area (Å²) in [6.07, 6.45) is 4.04. The molecule has 4 rings (SSSR count). The molecule has 152 valence electrons. The first-order valence-electron chi connectivity index (χ1n) is 10.1. The molecule has 0 unspecified atom stereocenters. The molecular weight excluding hydrogens is 360 g/mol. The lowest BCUT2D eigenvalue weighted by Gasteiger charge is -2.39. The van der Waals surface area contributed by atoms with Crippen molar-refractivity contribution in [3.63, 3.8) is 0 Å². The van der Waals surface area contributed by atoms with Crippen LogP contribution in [0.4, 0.5) is 10.5 Å². The average Bonchev–Trinajstić information content (AvgIpc) is 3.26. The van der Waals surface area contributed by atoms with Crippen LogP contribution in [0.2, 0.25) is 0 Å². The zero-order chi connectivity index (χ0) is 19.7. The first-order chi connectivity index (χ1) is 13.6. The molecule has 3 heterocycles. The van der Waals surface area contributed by atoms with Crippen LogP contribution in [0.5, 0.6) is 5.88 Å². The van der Waals surface area contributed by atoms with Gasteiger partial charge in [0.15, 0.2) is 0 Å². The summed E-state index contributed by atoms with van der Waals surface area (Å²) in [6.45, 7) is 3.99. The van der Waals surface area contributed by atoms with Gasteiger partial charge in [-0.1, -0.05) is 0 Å². The van der Waals surface area contributed by atoms with Gasteiger partial charge in [-0.25, -0.2) is 9.78 Å². The maximum absolute atomic E-state index is 12.8. The number of hydrogen-bond acceptors (Lipinski definition) is 6. The quantitative estimate of drug-likeness (QED) is 0.820. The smallest absolute Gasteiger partial charge is 0.407 e. The maximum atomic E-state index is 12.8. The van der Waals surface area contributed by atoms with Crippen molar-refractivity contribution in [3.05, 3.63) is 17.8 Å². The van der Waals surface area contributed by atoms with Crippen LogP contribution in [0.1, 0.15) is 44.7 Å². The second-order valence-electron chi connectivity index (χ2n) is 7.86. The van der Waals surface area contributed by atoms with E-state index in [0.717, 1.165) is 56.6 Å². The number of nitrogens with zero attached hydrogens (tertiary/aromatic N) is 2. The molecule has 2 aliphatic heterocycles. The molecule has 3 aliphatic rings. The molecule has 1 aromatic heterocycles. The Morgan fingerprint density at radius 1 is 1.36 bits per heavy atom. The van der Waals surface area contributed by atoms with Gasteiger partial charge < -0.3 is 20.1 Å². The molecule has 1 spiro atoms. The van der Waals surface area contributed by atoms with Gasteiger partial charge in [-0.15, -0.1) is 0 Å². The van der Waals surface area contributed by atoms with Crippen molar-refractivity contribution in [1.82, 2.24) is 15.2 Å². The number of carbonyl (C=O) groups excluding carboxylic acids is 2. The van der Waals surface area contributed by atoms with Crippen LogP contribution in [-0.2, 0) is 14.9 Å². The van der Waals surface area contributed by atoms with E-state index in [9.17, 15) is 9.59 Å².